The average Bonchev–Trinajstić information content (AvgIpc) is 2.63. The van der Waals surface area contributed by atoms with Gasteiger partial charge in [0.05, 0.1) is 13.2 Å². The molecule has 0 radical (unpaired) electrons. The van der Waals surface area contributed by atoms with E-state index in [1.54, 1.807) is 0 Å². The predicted molar refractivity (Wildman–Crippen MR) is 92.2 cm³/mol. The van der Waals surface area contributed by atoms with E-state index < -0.39 is 0 Å². The largest absolute Gasteiger partial charge is 0.353 e. The number of rotatable bonds is 12. The van der Waals surface area contributed by atoms with E-state index in [1.165, 1.54) is 0 Å². The van der Waals surface area contributed by atoms with Crippen LogP contribution in [0.25, 0.3) is 0 Å². The Morgan fingerprint density at radius 1 is 0.720 bits per heavy atom. The van der Waals surface area contributed by atoms with Crippen molar-refractivity contribution in [2.75, 3.05) is 26.4 Å². The number of ether oxygens (including phenoxy) is 4. The summed E-state index contributed by atoms with van der Waals surface area (Å²) >= 11 is 0. The average molecular weight is 356 g/mol. The molecule has 0 saturated carbocycles. The highest BCUT2D eigenvalue weighted by Crippen LogP contribution is 2.15. The van der Waals surface area contributed by atoms with E-state index in [9.17, 15) is 9.59 Å². The second kappa shape index (κ2) is 12.5. The van der Waals surface area contributed by atoms with Crippen LogP contribution < -0.4 is 0 Å². The first kappa shape index (κ1) is 20.5. The standard InChI is InChI=1S/C19H32O6/c20-16(10-14-24-18-8-1-3-12-22-18)6-5-7-17(21)11-15-25-19-9-2-4-13-23-19/h18-19H,1-15H2. The third kappa shape index (κ3) is 9.45. The summed E-state index contributed by atoms with van der Waals surface area (Å²) in [6.07, 6.45) is 8.25. The van der Waals surface area contributed by atoms with Gasteiger partial charge in [0.1, 0.15) is 11.6 Å². The molecule has 0 N–H and O–H groups in total. The molecular weight excluding hydrogens is 324 g/mol. The van der Waals surface area contributed by atoms with Crippen molar-refractivity contribution >= 4 is 11.6 Å². The SMILES string of the molecule is O=C(CCCC(=O)CCOC1CCCCO1)CCOC1CCCCO1. The van der Waals surface area contributed by atoms with Crippen LogP contribution >= 0.6 is 0 Å². The van der Waals surface area contributed by atoms with Gasteiger partial charge in [0, 0.05) is 38.9 Å². The maximum atomic E-state index is 11.8. The zero-order valence-corrected chi connectivity index (χ0v) is 15.2. The molecule has 0 amide bonds. The Balaban J connectivity index is 1.41. The lowest BCUT2D eigenvalue weighted by Crippen LogP contribution is -2.23. The Morgan fingerprint density at radius 3 is 1.60 bits per heavy atom. The molecule has 25 heavy (non-hydrogen) atoms. The minimum Gasteiger partial charge on any atom is -0.353 e. The maximum absolute atomic E-state index is 11.8. The first-order chi connectivity index (χ1) is 12.2. The molecule has 6 nitrogen and oxygen atoms in total. The summed E-state index contributed by atoms with van der Waals surface area (Å²) in [7, 11) is 0. The molecule has 0 aromatic heterocycles. The van der Waals surface area contributed by atoms with Crippen molar-refractivity contribution in [3.8, 4) is 0 Å². The van der Waals surface area contributed by atoms with Crippen molar-refractivity contribution in [3.63, 3.8) is 0 Å². The van der Waals surface area contributed by atoms with E-state index in [-0.39, 0.29) is 24.1 Å². The van der Waals surface area contributed by atoms with Gasteiger partial charge in [0.2, 0.25) is 0 Å². The zero-order valence-electron chi connectivity index (χ0n) is 15.2. The molecule has 0 bridgehead atoms. The number of ketones is 2. The van der Waals surface area contributed by atoms with E-state index in [0.29, 0.717) is 45.3 Å². The monoisotopic (exact) mass is 356 g/mol. The Hall–Kier alpha value is -0.820. The number of carbonyl (C=O) groups excluding carboxylic acids is 2. The van der Waals surface area contributed by atoms with E-state index >= 15 is 0 Å². The number of hydrogen-bond donors (Lipinski definition) is 0. The maximum Gasteiger partial charge on any atom is 0.157 e. The van der Waals surface area contributed by atoms with Gasteiger partial charge >= 0.3 is 0 Å². The van der Waals surface area contributed by atoms with Gasteiger partial charge < -0.3 is 18.9 Å². The van der Waals surface area contributed by atoms with E-state index in [4.69, 9.17) is 18.9 Å². The van der Waals surface area contributed by atoms with E-state index in [2.05, 4.69) is 0 Å². The zero-order chi connectivity index (χ0) is 17.7. The molecule has 144 valence electrons. The summed E-state index contributed by atoms with van der Waals surface area (Å²) < 4.78 is 22.0. The van der Waals surface area contributed by atoms with Crippen LogP contribution in [0.4, 0.5) is 0 Å². The smallest absolute Gasteiger partial charge is 0.157 e. The first-order valence-electron chi connectivity index (χ1n) is 9.74. The van der Waals surface area contributed by atoms with Crippen molar-refractivity contribution < 1.29 is 28.5 Å². The fraction of sp³-hybridized carbons (Fsp3) is 0.895. The summed E-state index contributed by atoms with van der Waals surface area (Å²) in [4.78, 5) is 23.6. The van der Waals surface area contributed by atoms with Gasteiger partial charge in [0.25, 0.3) is 0 Å². The minimum absolute atomic E-state index is 0.142. The van der Waals surface area contributed by atoms with Crippen molar-refractivity contribution in [1.29, 1.82) is 0 Å². The summed E-state index contributed by atoms with van der Waals surface area (Å²) in [5.41, 5.74) is 0. The molecule has 0 spiro atoms. The van der Waals surface area contributed by atoms with Crippen LogP contribution in [0, 0.1) is 0 Å². The molecule has 0 aromatic carbocycles. The third-order valence-electron chi connectivity index (χ3n) is 4.56. The van der Waals surface area contributed by atoms with Crippen molar-refractivity contribution in [1.82, 2.24) is 0 Å². The van der Waals surface area contributed by atoms with Gasteiger partial charge in [-0.1, -0.05) is 0 Å². The van der Waals surface area contributed by atoms with Gasteiger partial charge in [-0.15, -0.1) is 0 Å². The number of hydrogen-bond acceptors (Lipinski definition) is 6. The van der Waals surface area contributed by atoms with Gasteiger partial charge in [-0.3, -0.25) is 9.59 Å². The second-order valence-electron chi connectivity index (χ2n) is 6.76. The summed E-state index contributed by atoms with van der Waals surface area (Å²) in [5.74, 6) is 0.297. The van der Waals surface area contributed by atoms with E-state index in [1.807, 2.05) is 0 Å². The Labute approximate surface area is 150 Å². The van der Waals surface area contributed by atoms with Crippen LogP contribution in [0.2, 0.25) is 0 Å². The van der Waals surface area contributed by atoms with Crippen LogP contribution in [0.3, 0.4) is 0 Å². The molecule has 6 heteroatoms. The molecule has 0 aliphatic carbocycles. The molecule has 2 fully saturated rings. The van der Waals surface area contributed by atoms with Gasteiger partial charge in [0.15, 0.2) is 12.6 Å². The fourth-order valence-electron chi connectivity index (χ4n) is 3.03. The molecule has 2 heterocycles. The van der Waals surface area contributed by atoms with Crippen LogP contribution in [-0.2, 0) is 28.5 Å². The van der Waals surface area contributed by atoms with Crippen molar-refractivity contribution in [2.24, 2.45) is 0 Å². The Morgan fingerprint density at radius 2 is 1.20 bits per heavy atom. The molecule has 2 saturated heterocycles. The summed E-state index contributed by atoms with van der Waals surface area (Å²) in [6, 6.07) is 0. The lowest BCUT2D eigenvalue weighted by Gasteiger charge is -2.22. The highest BCUT2D eigenvalue weighted by Gasteiger charge is 2.15. The van der Waals surface area contributed by atoms with Crippen molar-refractivity contribution in [3.05, 3.63) is 0 Å². The normalized spacial score (nSPS) is 24.2. The first-order valence-corrected chi connectivity index (χ1v) is 9.74. The number of Topliss-reactive ketones (excluding diaryl/α,β-unsaturated/α-hetero) is 2. The van der Waals surface area contributed by atoms with Gasteiger partial charge in [-0.2, -0.15) is 0 Å². The quantitative estimate of drug-likeness (QED) is 0.535. The van der Waals surface area contributed by atoms with Crippen LogP contribution in [-0.4, -0.2) is 50.6 Å². The van der Waals surface area contributed by atoms with Crippen LogP contribution in [0.1, 0.15) is 70.6 Å². The second-order valence-corrected chi connectivity index (χ2v) is 6.76. The molecule has 2 rings (SSSR count). The molecule has 2 atom stereocenters. The van der Waals surface area contributed by atoms with E-state index in [0.717, 1.165) is 51.7 Å². The summed E-state index contributed by atoms with van der Waals surface area (Å²) in [5, 5.41) is 0. The molecule has 2 aliphatic rings. The van der Waals surface area contributed by atoms with Gasteiger partial charge in [-0.05, 0) is 44.9 Å². The predicted octanol–water partition coefficient (Wildman–Crippen LogP) is 3.16. The highest BCUT2D eigenvalue weighted by atomic mass is 16.7. The Bertz CT molecular complexity index is 349. The summed E-state index contributed by atoms with van der Waals surface area (Å²) in [6.45, 7) is 2.31. The van der Waals surface area contributed by atoms with Gasteiger partial charge in [-0.25, -0.2) is 0 Å². The lowest BCUT2D eigenvalue weighted by molar-refractivity contribution is -0.164. The van der Waals surface area contributed by atoms with Crippen LogP contribution in [0.5, 0.6) is 0 Å². The minimum atomic E-state index is -0.142. The topological polar surface area (TPSA) is 71.1 Å². The fourth-order valence-corrected chi connectivity index (χ4v) is 3.03. The molecule has 2 aliphatic heterocycles. The third-order valence-corrected chi connectivity index (χ3v) is 4.56. The molecule has 0 aromatic rings. The number of carbonyl (C=O) groups is 2. The molecule has 2 unspecified atom stereocenters. The van der Waals surface area contributed by atoms with Crippen LogP contribution in [0.15, 0.2) is 0 Å². The molecular formula is C19H32O6. The lowest BCUT2D eigenvalue weighted by atomic mass is 10.1. The highest BCUT2D eigenvalue weighted by molar-refractivity contribution is 5.81. The van der Waals surface area contributed by atoms with Crippen molar-refractivity contribution in [2.45, 2.75) is 83.2 Å². The Kier molecular flexibility index (Phi) is 10.3.